The molecule has 3 unspecified atom stereocenters. The first-order chi connectivity index (χ1) is 13.4. The first-order valence-corrected chi connectivity index (χ1v) is 10.8. The number of hydrogen-bond acceptors (Lipinski definition) is 5. The third-order valence-electron chi connectivity index (χ3n) is 5.27. The molecule has 2 saturated heterocycles. The van der Waals surface area contributed by atoms with Gasteiger partial charge in [-0.1, -0.05) is 11.6 Å². The molecule has 3 N–H and O–H groups in total. The van der Waals surface area contributed by atoms with Gasteiger partial charge in [0.25, 0.3) is 0 Å². The number of carbonyl (C=O) groups is 2. The molecule has 2 fully saturated rings. The lowest BCUT2D eigenvalue weighted by atomic mass is 9.95. The number of nitrogens with two attached hydrogens (primary N) is 1. The molecule has 3 atom stereocenters. The zero-order valence-electron chi connectivity index (χ0n) is 16.6. The fourth-order valence-electron chi connectivity index (χ4n) is 4.09. The SMILES string of the molecule is CC(C)(C)OC(=O)NC1CC2CCC(C1)N2C(=O)C(N)C(F)(F)c1ccc(Cl)s1. The van der Waals surface area contributed by atoms with E-state index in [1.54, 1.807) is 20.8 Å². The van der Waals surface area contributed by atoms with Crippen LogP contribution in [0.4, 0.5) is 13.6 Å². The van der Waals surface area contributed by atoms with Gasteiger partial charge in [-0.3, -0.25) is 4.79 Å². The maximum Gasteiger partial charge on any atom is 0.407 e. The Balaban J connectivity index is 1.66. The number of thiophene rings is 1. The number of nitrogens with one attached hydrogen (secondary N) is 1. The molecule has 1 aromatic rings. The first-order valence-electron chi connectivity index (χ1n) is 9.59. The van der Waals surface area contributed by atoms with E-state index >= 15 is 0 Å². The zero-order chi connectivity index (χ0) is 21.6. The van der Waals surface area contributed by atoms with Crippen molar-refractivity contribution in [3.05, 3.63) is 21.3 Å². The fourth-order valence-corrected chi connectivity index (χ4v) is 5.15. The van der Waals surface area contributed by atoms with E-state index in [4.69, 9.17) is 22.1 Å². The summed E-state index contributed by atoms with van der Waals surface area (Å²) in [6.45, 7) is 5.33. The number of hydrogen-bond donors (Lipinski definition) is 2. The number of fused-ring (bicyclic) bond motifs is 2. The number of alkyl carbamates (subject to hydrolysis) is 1. The lowest BCUT2D eigenvalue weighted by Crippen LogP contribution is -2.59. The highest BCUT2D eigenvalue weighted by Crippen LogP contribution is 2.41. The number of nitrogens with zero attached hydrogens (tertiary/aromatic N) is 1. The fraction of sp³-hybridized carbons (Fsp3) is 0.684. The molecule has 2 aliphatic rings. The smallest absolute Gasteiger partial charge is 0.407 e. The van der Waals surface area contributed by atoms with Gasteiger partial charge >= 0.3 is 12.0 Å². The Morgan fingerprint density at radius 2 is 1.86 bits per heavy atom. The van der Waals surface area contributed by atoms with Crippen LogP contribution in [0.5, 0.6) is 0 Å². The predicted molar refractivity (Wildman–Crippen MR) is 107 cm³/mol. The Labute approximate surface area is 177 Å². The quantitative estimate of drug-likeness (QED) is 0.730. The van der Waals surface area contributed by atoms with Gasteiger partial charge in [0.05, 0.1) is 9.21 Å². The van der Waals surface area contributed by atoms with Crippen molar-refractivity contribution in [2.24, 2.45) is 5.73 Å². The highest BCUT2D eigenvalue weighted by atomic mass is 35.5. The Morgan fingerprint density at radius 1 is 1.28 bits per heavy atom. The lowest BCUT2D eigenvalue weighted by molar-refractivity contribution is -0.147. The van der Waals surface area contributed by atoms with E-state index in [2.05, 4.69) is 5.32 Å². The average molecular weight is 450 g/mol. The van der Waals surface area contributed by atoms with Crippen LogP contribution in [0.3, 0.4) is 0 Å². The van der Waals surface area contributed by atoms with Gasteiger partial charge in [0.2, 0.25) is 5.91 Å². The molecule has 29 heavy (non-hydrogen) atoms. The molecule has 0 radical (unpaired) electrons. The van der Waals surface area contributed by atoms with Crippen molar-refractivity contribution in [3.8, 4) is 0 Å². The summed E-state index contributed by atoms with van der Waals surface area (Å²) in [7, 11) is 0. The molecule has 0 aliphatic carbocycles. The van der Waals surface area contributed by atoms with E-state index in [1.165, 1.54) is 17.0 Å². The van der Waals surface area contributed by atoms with Crippen molar-refractivity contribution < 1.29 is 23.1 Å². The highest BCUT2D eigenvalue weighted by molar-refractivity contribution is 7.16. The third kappa shape index (κ3) is 4.83. The number of ether oxygens (including phenoxy) is 1. The molecular formula is C19H26ClF2N3O3S. The van der Waals surface area contributed by atoms with E-state index in [-0.39, 0.29) is 27.3 Å². The van der Waals surface area contributed by atoms with E-state index in [0.29, 0.717) is 25.7 Å². The molecule has 0 saturated carbocycles. The van der Waals surface area contributed by atoms with E-state index in [1.807, 2.05) is 0 Å². The molecular weight excluding hydrogens is 424 g/mol. The molecule has 2 bridgehead atoms. The van der Waals surface area contributed by atoms with Gasteiger partial charge in [-0.05, 0) is 58.6 Å². The normalized spacial score (nSPS) is 25.6. The van der Waals surface area contributed by atoms with Crippen LogP contribution in [0.1, 0.15) is 51.3 Å². The van der Waals surface area contributed by atoms with Gasteiger partial charge in [0.1, 0.15) is 5.60 Å². The van der Waals surface area contributed by atoms with Crippen LogP contribution >= 0.6 is 22.9 Å². The van der Waals surface area contributed by atoms with E-state index < -0.39 is 29.6 Å². The van der Waals surface area contributed by atoms with Gasteiger partial charge in [-0.15, -0.1) is 11.3 Å². The summed E-state index contributed by atoms with van der Waals surface area (Å²) in [6.07, 6.45) is 1.87. The Hall–Kier alpha value is -1.45. The van der Waals surface area contributed by atoms with Crippen LogP contribution < -0.4 is 11.1 Å². The maximum atomic E-state index is 14.8. The van der Waals surface area contributed by atoms with Gasteiger partial charge < -0.3 is 20.7 Å². The summed E-state index contributed by atoms with van der Waals surface area (Å²) >= 11 is 6.48. The number of piperidine rings is 1. The summed E-state index contributed by atoms with van der Waals surface area (Å²) in [6, 6.07) is -0.0320. The van der Waals surface area contributed by atoms with Crippen molar-refractivity contribution in [1.29, 1.82) is 0 Å². The number of alkyl halides is 2. The topological polar surface area (TPSA) is 84.7 Å². The van der Waals surface area contributed by atoms with Crippen LogP contribution in [0.25, 0.3) is 0 Å². The van der Waals surface area contributed by atoms with Crippen molar-refractivity contribution in [2.75, 3.05) is 0 Å². The molecule has 6 nitrogen and oxygen atoms in total. The standard InChI is InChI=1S/C19H26ClF2N3O3S/c1-18(2,3)28-17(27)24-10-8-11-4-5-12(9-10)25(11)16(26)15(23)19(21,22)13-6-7-14(20)29-13/h6-7,10-12,15H,4-5,8-9,23H2,1-3H3,(H,24,27). The first kappa shape index (κ1) is 22.2. The summed E-state index contributed by atoms with van der Waals surface area (Å²) in [5, 5.41) is 2.83. The van der Waals surface area contributed by atoms with Crippen molar-refractivity contribution >= 4 is 34.9 Å². The van der Waals surface area contributed by atoms with Crippen LogP contribution in [-0.2, 0) is 15.5 Å². The average Bonchev–Trinajstić information content (AvgIpc) is 3.13. The molecule has 1 aromatic heterocycles. The summed E-state index contributed by atoms with van der Waals surface area (Å²) in [5.74, 6) is -4.26. The van der Waals surface area contributed by atoms with Gasteiger partial charge in [0.15, 0.2) is 6.04 Å². The lowest BCUT2D eigenvalue weighted by Gasteiger charge is -2.41. The van der Waals surface area contributed by atoms with Gasteiger partial charge in [-0.25, -0.2) is 4.79 Å². The Kier molecular flexibility index (Phi) is 6.13. The Morgan fingerprint density at radius 3 is 2.34 bits per heavy atom. The summed E-state index contributed by atoms with van der Waals surface area (Å²) < 4.78 is 35.0. The molecule has 3 heterocycles. The van der Waals surface area contributed by atoms with Crippen molar-refractivity contribution in [2.45, 2.75) is 82.1 Å². The second kappa shape index (κ2) is 8.00. The monoisotopic (exact) mass is 449 g/mol. The third-order valence-corrected chi connectivity index (χ3v) is 6.58. The van der Waals surface area contributed by atoms with Gasteiger partial charge in [0, 0.05) is 18.1 Å². The molecule has 0 spiro atoms. The van der Waals surface area contributed by atoms with Crippen LogP contribution in [0, 0.1) is 0 Å². The number of halogens is 3. The highest BCUT2D eigenvalue weighted by Gasteiger charge is 2.51. The summed E-state index contributed by atoms with van der Waals surface area (Å²) in [5.41, 5.74) is 5.13. The molecule has 3 rings (SSSR count). The Bertz CT molecular complexity index is 769. The van der Waals surface area contributed by atoms with Crippen molar-refractivity contribution in [3.63, 3.8) is 0 Å². The molecule has 162 valence electrons. The maximum absolute atomic E-state index is 14.8. The number of carbonyl (C=O) groups excluding carboxylic acids is 2. The largest absolute Gasteiger partial charge is 0.444 e. The minimum Gasteiger partial charge on any atom is -0.444 e. The minimum absolute atomic E-state index is 0.167. The van der Waals surface area contributed by atoms with Crippen molar-refractivity contribution in [1.82, 2.24) is 10.2 Å². The van der Waals surface area contributed by atoms with Crippen LogP contribution in [-0.4, -0.2) is 46.7 Å². The zero-order valence-corrected chi connectivity index (χ0v) is 18.2. The molecule has 2 aliphatic heterocycles. The number of rotatable bonds is 4. The minimum atomic E-state index is -3.50. The van der Waals surface area contributed by atoms with Gasteiger partial charge in [-0.2, -0.15) is 8.78 Å². The second-order valence-corrected chi connectivity index (χ2v) is 10.4. The summed E-state index contributed by atoms with van der Waals surface area (Å²) in [4.78, 5) is 26.1. The van der Waals surface area contributed by atoms with Crippen LogP contribution in [0.15, 0.2) is 12.1 Å². The molecule has 0 aromatic carbocycles. The number of amides is 2. The van der Waals surface area contributed by atoms with E-state index in [0.717, 1.165) is 11.3 Å². The molecule has 10 heteroatoms. The van der Waals surface area contributed by atoms with Crippen LogP contribution in [0.2, 0.25) is 4.34 Å². The van der Waals surface area contributed by atoms with E-state index in [9.17, 15) is 18.4 Å². The molecule has 2 amide bonds. The second-order valence-electron chi connectivity index (χ2n) is 8.65. The predicted octanol–water partition coefficient (Wildman–Crippen LogP) is 3.87.